The third-order valence-corrected chi connectivity index (χ3v) is 5.85. The molecule has 0 saturated heterocycles. The molecule has 10 nitrogen and oxygen atoms in total. The number of hydrogen-bond donors (Lipinski definition) is 3. The molecule has 0 unspecified atom stereocenters. The van der Waals surface area contributed by atoms with Crippen LogP contribution in [-0.4, -0.2) is 55.2 Å². The van der Waals surface area contributed by atoms with Gasteiger partial charge in [-0.3, -0.25) is 14.6 Å². The molecule has 2 aromatic carbocycles. The van der Waals surface area contributed by atoms with Crippen LogP contribution >= 0.6 is 11.8 Å². The quantitative estimate of drug-likeness (QED) is 0.383. The van der Waals surface area contributed by atoms with E-state index >= 15 is 0 Å². The Balaban J connectivity index is 1.44. The average molecular weight is 500 g/mol. The third kappa shape index (κ3) is 5.99. The fourth-order valence-corrected chi connectivity index (χ4v) is 4.02. The van der Waals surface area contributed by atoms with Gasteiger partial charge < -0.3 is 29.3 Å². The molecule has 35 heavy (non-hydrogen) atoms. The molecule has 3 aromatic rings. The van der Waals surface area contributed by atoms with E-state index in [1.54, 1.807) is 48.2 Å². The molecule has 0 aliphatic carbocycles. The Labute approximate surface area is 205 Å². The number of ether oxygens (including phenoxy) is 3. The second kappa shape index (κ2) is 11.0. The van der Waals surface area contributed by atoms with Crippen molar-refractivity contribution in [1.29, 1.82) is 0 Å². The van der Waals surface area contributed by atoms with Crippen LogP contribution in [0.1, 0.15) is 12.0 Å². The van der Waals surface area contributed by atoms with Gasteiger partial charge in [0.15, 0.2) is 17.1 Å². The van der Waals surface area contributed by atoms with Crippen LogP contribution in [0.3, 0.4) is 0 Å². The number of nitrogens with one attached hydrogen (secondary N) is 3. The molecule has 1 aliphatic heterocycles. The van der Waals surface area contributed by atoms with Gasteiger partial charge in [0, 0.05) is 11.8 Å². The van der Waals surface area contributed by atoms with E-state index in [0.717, 1.165) is 0 Å². The molecular formula is C24H25N3O7S. The van der Waals surface area contributed by atoms with Gasteiger partial charge in [-0.1, -0.05) is 0 Å². The van der Waals surface area contributed by atoms with Crippen molar-refractivity contribution in [3.05, 3.63) is 52.5 Å². The van der Waals surface area contributed by atoms with E-state index in [-0.39, 0.29) is 5.91 Å². The Morgan fingerprint density at radius 2 is 2.06 bits per heavy atom. The summed E-state index contributed by atoms with van der Waals surface area (Å²) in [5.74, 6) is 0.902. The minimum absolute atomic E-state index is 0.369. The van der Waals surface area contributed by atoms with Gasteiger partial charge in [0.05, 0.1) is 12.6 Å². The van der Waals surface area contributed by atoms with Crippen LogP contribution in [0.2, 0.25) is 0 Å². The van der Waals surface area contributed by atoms with Crippen LogP contribution in [-0.2, 0) is 9.59 Å². The van der Waals surface area contributed by atoms with E-state index in [9.17, 15) is 14.4 Å². The lowest BCUT2D eigenvalue weighted by Crippen LogP contribution is -2.43. The summed E-state index contributed by atoms with van der Waals surface area (Å²) in [6.45, 7) is 0.869. The van der Waals surface area contributed by atoms with Gasteiger partial charge >= 0.3 is 5.76 Å². The normalized spacial score (nSPS) is 13.5. The van der Waals surface area contributed by atoms with Crippen molar-refractivity contribution in [3.8, 4) is 17.2 Å². The number of carbonyl (C=O) groups excluding carboxylic acids is 2. The first-order valence-electron chi connectivity index (χ1n) is 10.9. The van der Waals surface area contributed by atoms with Gasteiger partial charge in [-0.05, 0) is 60.4 Å². The van der Waals surface area contributed by atoms with Crippen molar-refractivity contribution >= 4 is 46.4 Å². The number of benzene rings is 2. The van der Waals surface area contributed by atoms with Gasteiger partial charge in [-0.15, -0.1) is 0 Å². The Bertz CT molecular complexity index is 1300. The van der Waals surface area contributed by atoms with Crippen molar-refractivity contribution in [2.45, 2.75) is 12.5 Å². The molecule has 184 valence electrons. The highest BCUT2D eigenvalue weighted by Gasteiger charge is 2.21. The second-order valence-electron chi connectivity index (χ2n) is 7.64. The monoisotopic (exact) mass is 499 g/mol. The van der Waals surface area contributed by atoms with Crippen molar-refractivity contribution in [1.82, 2.24) is 10.3 Å². The number of aromatic amines is 1. The zero-order chi connectivity index (χ0) is 24.8. The number of methoxy groups -OCH3 is 1. The zero-order valence-electron chi connectivity index (χ0n) is 19.2. The molecule has 2 heterocycles. The first-order valence-corrected chi connectivity index (χ1v) is 12.2. The Kier molecular flexibility index (Phi) is 7.66. The highest BCUT2D eigenvalue weighted by molar-refractivity contribution is 7.98. The maximum absolute atomic E-state index is 12.9. The van der Waals surface area contributed by atoms with Crippen LogP contribution in [0.5, 0.6) is 17.2 Å². The lowest BCUT2D eigenvalue weighted by atomic mass is 10.1. The van der Waals surface area contributed by atoms with E-state index in [0.29, 0.717) is 65.0 Å². The molecule has 0 radical (unpaired) electrons. The van der Waals surface area contributed by atoms with Crippen molar-refractivity contribution in [2.24, 2.45) is 0 Å². The topological polar surface area (TPSA) is 132 Å². The van der Waals surface area contributed by atoms with Gasteiger partial charge in [-0.25, -0.2) is 4.79 Å². The van der Waals surface area contributed by atoms with E-state index < -0.39 is 17.7 Å². The number of H-pyrrole nitrogens is 1. The number of carbonyl (C=O) groups is 2. The van der Waals surface area contributed by atoms with Crippen LogP contribution < -0.4 is 30.6 Å². The zero-order valence-corrected chi connectivity index (χ0v) is 20.0. The average Bonchev–Trinajstić information content (AvgIpc) is 3.23. The largest absolute Gasteiger partial charge is 0.493 e. The maximum atomic E-state index is 12.9. The number of amides is 2. The molecule has 1 atom stereocenters. The number of rotatable bonds is 9. The number of thioether (sulfide) groups is 1. The summed E-state index contributed by atoms with van der Waals surface area (Å²) in [7, 11) is 1.53. The Morgan fingerprint density at radius 3 is 2.86 bits per heavy atom. The van der Waals surface area contributed by atoms with E-state index in [1.807, 2.05) is 6.26 Å². The summed E-state index contributed by atoms with van der Waals surface area (Å²) in [6.07, 6.45) is 5.33. The summed E-state index contributed by atoms with van der Waals surface area (Å²) in [4.78, 5) is 39.5. The molecule has 3 N–H and O–H groups in total. The highest BCUT2D eigenvalue weighted by Crippen LogP contribution is 2.40. The number of anilines is 1. The van der Waals surface area contributed by atoms with Crippen LogP contribution in [0, 0.1) is 0 Å². The smallest absolute Gasteiger partial charge is 0.417 e. The summed E-state index contributed by atoms with van der Waals surface area (Å²) >= 11 is 1.57. The first-order chi connectivity index (χ1) is 17.0. The summed E-state index contributed by atoms with van der Waals surface area (Å²) < 4.78 is 21.6. The summed E-state index contributed by atoms with van der Waals surface area (Å²) in [5, 5.41) is 5.54. The highest BCUT2D eigenvalue weighted by atomic mass is 32.2. The Hall–Kier alpha value is -3.86. The van der Waals surface area contributed by atoms with Gasteiger partial charge in [0.1, 0.15) is 19.3 Å². The van der Waals surface area contributed by atoms with Crippen LogP contribution in [0.15, 0.2) is 45.6 Å². The predicted octanol–water partition coefficient (Wildman–Crippen LogP) is 2.79. The maximum Gasteiger partial charge on any atom is 0.417 e. The molecule has 1 aromatic heterocycles. The number of fused-ring (bicyclic) bond motifs is 2. The molecule has 1 aliphatic rings. The lowest BCUT2D eigenvalue weighted by Gasteiger charge is -2.21. The summed E-state index contributed by atoms with van der Waals surface area (Å²) in [5.41, 5.74) is 2.02. The van der Waals surface area contributed by atoms with Crippen LogP contribution in [0.4, 0.5) is 5.69 Å². The molecule has 0 bridgehead atoms. The fraction of sp³-hybridized carbons (Fsp3) is 0.292. The minimum Gasteiger partial charge on any atom is -0.493 e. The predicted molar refractivity (Wildman–Crippen MR) is 133 cm³/mol. The molecule has 4 rings (SSSR count). The number of aromatic nitrogens is 1. The SMILES string of the molecule is COc1cc(/C=C/C(=O)N[C@@H](CCSC)C(=O)Nc2ccc3oc(=O)[nH]c3c2)cc2c1OCCO2. The Morgan fingerprint density at radius 1 is 1.23 bits per heavy atom. The molecule has 0 saturated carbocycles. The minimum atomic E-state index is -0.756. The molecule has 11 heteroatoms. The fourth-order valence-electron chi connectivity index (χ4n) is 3.55. The second-order valence-corrected chi connectivity index (χ2v) is 8.62. The van der Waals surface area contributed by atoms with Crippen molar-refractivity contribution < 1.29 is 28.2 Å². The number of oxazole rings is 1. The molecule has 0 spiro atoms. The lowest BCUT2D eigenvalue weighted by molar-refractivity contribution is -0.123. The van der Waals surface area contributed by atoms with Crippen LogP contribution in [0.25, 0.3) is 17.2 Å². The van der Waals surface area contributed by atoms with E-state index in [4.69, 9.17) is 18.6 Å². The number of hydrogen-bond acceptors (Lipinski definition) is 8. The summed E-state index contributed by atoms with van der Waals surface area (Å²) in [6, 6.07) is 7.55. The van der Waals surface area contributed by atoms with Gasteiger partial charge in [-0.2, -0.15) is 11.8 Å². The van der Waals surface area contributed by atoms with Gasteiger partial charge in [0.2, 0.25) is 17.6 Å². The van der Waals surface area contributed by atoms with Crippen molar-refractivity contribution in [3.63, 3.8) is 0 Å². The first kappa shape index (κ1) is 24.3. The standard InChI is InChI=1S/C24H25N3O7S/c1-31-19-11-14(12-20-22(19)33-9-8-32-20)3-6-21(28)26-16(7-10-35-2)23(29)25-15-4-5-18-17(13-15)27-24(30)34-18/h3-6,11-13,16H,7-10H2,1-2H3,(H,25,29)(H,26,28)(H,27,30)/b6-3+/t16-/m0/s1. The molecule has 0 fully saturated rings. The van der Waals surface area contributed by atoms with E-state index in [1.165, 1.54) is 13.2 Å². The molecule has 2 amide bonds. The molecular weight excluding hydrogens is 474 g/mol. The van der Waals surface area contributed by atoms with Crippen molar-refractivity contribution in [2.75, 3.05) is 37.6 Å². The van der Waals surface area contributed by atoms with Gasteiger partial charge in [0.25, 0.3) is 0 Å². The third-order valence-electron chi connectivity index (χ3n) is 5.21. The van der Waals surface area contributed by atoms with E-state index in [2.05, 4.69) is 15.6 Å².